The Morgan fingerprint density at radius 1 is 1.12 bits per heavy atom. The monoisotopic (exact) mass is 332 g/mol. The van der Waals surface area contributed by atoms with Crippen LogP contribution < -0.4 is 0 Å². The van der Waals surface area contributed by atoms with Crippen LogP contribution in [-0.2, 0) is 9.71 Å². The van der Waals surface area contributed by atoms with E-state index >= 15 is 0 Å². The van der Waals surface area contributed by atoms with Crippen molar-refractivity contribution in [1.82, 2.24) is 9.96 Å². The number of nitrogens with zero attached hydrogens (tertiary/aromatic N) is 2. The van der Waals surface area contributed by atoms with Gasteiger partial charge < -0.3 is 0 Å². The Bertz CT molecular complexity index is 320. The fourth-order valence-electron chi connectivity index (χ4n) is 1.91. The predicted molar refractivity (Wildman–Crippen MR) is 73.1 cm³/mol. The summed E-state index contributed by atoms with van der Waals surface area (Å²) >= 11 is 1.95. The molecule has 1 aliphatic heterocycles. The van der Waals surface area contributed by atoms with Crippen LogP contribution in [0.4, 0.5) is 0 Å². The van der Waals surface area contributed by atoms with Gasteiger partial charge in [-0.05, 0) is 12.5 Å². The minimum atomic E-state index is 0.995. The largest absolute Gasteiger partial charge is 0.296 e. The summed E-state index contributed by atoms with van der Waals surface area (Å²) in [4.78, 5) is 2.47. The summed E-state index contributed by atoms with van der Waals surface area (Å²) in [5, 5.41) is 2.01. The number of hydrogen-bond donors (Lipinski definition) is 0. The number of aryl methyl sites for hydroxylation is 1. The van der Waals surface area contributed by atoms with E-state index in [2.05, 4.69) is 36.1 Å². The maximum atomic E-state index is 5.18. The van der Waals surface area contributed by atoms with Crippen LogP contribution in [0, 0.1) is 6.92 Å². The lowest BCUT2D eigenvalue weighted by atomic mass is 10.1. The highest BCUT2D eigenvalue weighted by Crippen LogP contribution is 2.10. The molecule has 3 nitrogen and oxygen atoms in total. The van der Waals surface area contributed by atoms with E-state index < -0.39 is 0 Å². The van der Waals surface area contributed by atoms with Gasteiger partial charge in [0.15, 0.2) is 0 Å². The summed E-state index contributed by atoms with van der Waals surface area (Å²) in [6.45, 7) is 7.33. The zero-order valence-corrected chi connectivity index (χ0v) is 11.7. The lowest BCUT2D eigenvalue weighted by Gasteiger charge is -2.32. The molecule has 0 radical (unpaired) electrons. The van der Waals surface area contributed by atoms with Gasteiger partial charge in [0, 0.05) is 32.7 Å². The number of benzene rings is 1. The molecule has 0 atom stereocenters. The number of halogens is 1. The van der Waals surface area contributed by atoms with Crippen LogP contribution in [0.5, 0.6) is 0 Å². The SMILES string of the molecule is Cc1ccc(CN2CCN(OI)CC2)cc1. The second-order valence-electron chi connectivity index (χ2n) is 4.26. The fraction of sp³-hybridized carbons (Fsp3) is 0.500. The molecule has 0 unspecified atom stereocenters. The lowest BCUT2D eigenvalue weighted by molar-refractivity contribution is -0.0510. The molecule has 0 N–H and O–H groups in total. The van der Waals surface area contributed by atoms with Gasteiger partial charge in [-0.2, -0.15) is 5.06 Å². The van der Waals surface area contributed by atoms with Crippen molar-refractivity contribution in [2.45, 2.75) is 13.5 Å². The number of rotatable bonds is 3. The second kappa shape index (κ2) is 5.95. The summed E-state index contributed by atoms with van der Waals surface area (Å²) in [5.41, 5.74) is 2.72. The minimum Gasteiger partial charge on any atom is -0.296 e. The first-order valence-electron chi connectivity index (χ1n) is 5.59. The number of hydroxylamine groups is 2. The third kappa shape index (κ3) is 3.41. The first-order chi connectivity index (χ1) is 7.78. The van der Waals surface area contributed by atoms with Crippen LogP contribution in [0.3, 0.4) is 0 Å². The van der Waals surface area contributed by atoms with Crippen molar-refractivity contribution in [3.8, 4) is 0 Å². The highest BCUT2D eigenvalue weighted by Gasteiger charge is 2.16. The Hall–Kier alpha value is -0.170. The third-order valence-corrected chi connectivity index (χ3v) is 3.51. The van der Waals surface area contributed by atoms with E-state index in [1.807, 2.05) is 28.1 Å². The molecule has 4 heteroatoms. The van der Waals surface area contributed by atoms with E-state index in [0.29, 0.717) is 0 Å². The van der Waals surface area contributed by atoms with E-state index in [1.54, 1.807) is 0 Å². The average molecular weight is 332 g/mol. The Morgan fingerprint density at radius 3 is 2.31 bits per heavy atom. The third-order valence-electron chi connectivity index (χ3n) is 2.96. The second-order valence-corrected chi connectivity index (χ2v) is 4.65. The van der Waals surface area contributed by atoms with Gasteiger partial charge >= 0.3 is 0 Å². The van der Waals surface area contributed by atoms with Crippen LogP contribution in [0.25, 0.3) is 0 Å². The molecular formula is C12H17IN2O. The number of piperazine rings is 1. The van der Waals surface area contributed by atoms with Gasteiger partial charge in [0.25, 0.3) is 0 Å². The molecule has 0 spiro atoms. The van der Waals surface area contributed by atoms with Crippen molar-refractivity contribution in [2.24, 2.45) is 0 Å². The van der Waals surface area contributed by atoms with Gasteiger partial charge in [-0.15, -0.1) is 0 Å². The lowest BCUT2D eigenvalue weighted by Crippen LogP contribution is -2.44. The smallest absolute Gasteiger partial charge is 0.137 e. The maximum absolute atomic E-state index is 5.18. The zero-order chi connectivity index (χ0) is 11.4. The zero-order valence-electron chi connectivity index (χ0n) is 9.53. The van der Waals surface area contributed by atoms with Gasteiger partial charge in [-0.3, -0.25) is 4.90 Å². The van der Waals surface area contributed by atoms with Gasteiger partial charge in [0.05, 0.1) is 0 Å². The molecule has 1 aliphatic rings. The highest BCUT2D eigenvalue weighted by molar-refractivity contribution is 14.1. The highest BCUT2D eigenvalue weighted by atomic mass is 127. The summed E-state index contributed by atoms with van der Waals surface area (Å²) in [5.74, 6) is 0. The van der Waals surface area contributed by atoms with Gasteiger partial charge in [-0.1, -0.05) is 29.8 Å². The Kier molecular flexibility index (Phi) is 4.57. The first kappa shape index (κ1) is 12.3. The molecule has 0 aliphatic carbocycles. The quantitative estimate of drug-likeness (QED) is 0.791. The van der Waals surface area contributed by atoms with Crippen molar-refractivity contribution >= 4 is 23.0 Å². The molecule has 88 valence electrons. The van der Waals surface area contributed by atoms with E-state index in [1.165, 1.54) is 11.1 Å². The molecule has 1 aromatic carbocycles. The van der Waals surface area contributed by atoms with Gasteiger partial charge in [-0.25, -0.2) is 3.17 Å². The van der Waals surface area contributed by atoms with Crippen LogP contribution in [0.2, 0.25) is 0 Å². The molecule has 1 saturated heterocycles. The van der Waals surface area contributed by atoms with E-state index in [9.17, 15) is 0 Å². The molecule has 1 fully saturated rings. The first-order valence-corrected chi connectivity index (χ1v) is 6.47. The molecule has 2 rings (SSSR count). The molecule has 1 heterocycles. The Labute approximate surface area is 111 Å². The summed E-state index contributed by atoms with van der Waals surface area (Å²) in [6, 6.07) is 8.80. The van der Waals surface area contributed by atoms with Crippen LogP contribution in [0.15, 0.2) is 24.3 Å². The molecule has 1 aromatic rings. The van der Waals surface area contributed by atoms with Crippen LogP contribution in [-0.4, -0.2) is 36.1 Å². The fourth-order valence-corrected chi connectivity index (χ4v) is 2.30. The van der Waals surface area contributed by atoms with E-state index in [0.717, 1.165) is 32.7 Å². The summed E-state index contributed by atoms with van der Waals surface area (Å²) < 4.78 is 5.18. The molecular weight excluding hydrogens is 315 g/mol. The Balaban J connectivity index is 1.84. The standard InChI is InChI=1S/C12H17IN2O/c1-11-2-4-12(5-3-11)10-14-6-8-15(16-13)9-7-14/h2-5H,6-10H2,1H3. The normalized spacial score (nSPS) is 18.9. The van der Waals surface area contributed by atoms with Crippen LogP contribution in [0.1, 0.15) is 11.1 Å². The predicted octanol–water partition coefficient (Wildman–Crippen LogP) is 2.39. The van der Waals surface area contributed by atoms with E-state index in [-0.39, 0.29) is 0 Å². The Morgan fingerprint density at radius 2 is 1.75 bits per heavy atom. The van der Waals surface area contributed by atoms with Crippen molar-refractivity contribution < 1.29 is 3.17 Å². The van der Waals surface area contributed by atoms with Crippen molar-refractivity contribution in [2.75, 3.05) is 26.2 Å². The molecule has 0 bridgehead atoms. The van der Waals surface area contributed by atoms with Crippen molar-refractivity contribution in [3.05, 3.63) is 35.4 Å². The van der Waals surface area contributed by atoms with Gasteiger partial charge in [0.2, 0.25) is 0 Å². The molecule has 0 aromatic heterocycles. The van der Waals surface area contributed by atoms with Gasteiger partial charge in [0.1, 0.15) is 23.0 Å². The van der Waals surface area contributed by atoms with Crippen molar-refractivity contribution in [1.29, 1.82) is 0 Å². The van der Waals surface area contributed by atoms with E-state index in [4.69, 9.17) is 3.17 Å². The molecule has 0 amide bonds. The summed E-state index contributed by atoms with van der Waals surface area (Å²) in [7, 11) is 0. The minimum absolute atomic E-state index is 0.995. The topological polar surface area (TPSA) is 15.7 Å². The number of hydrogen-bond acceptors (Lipinski definition) is 3. The summed E-state index contributed by atoms with van der Waals surface area (Å²) in [6.07, 6.45) is 0. The van der Waals surface area contributed by atoms with Crippen molar-refractivity contribution in [3.63, 3.8) is 0 Å². The average Bonchev–Trinajstić information content (AvgIpc) is 2.33. The maximum Gasteiger partial charge on any atom is 0.137 e. The molecule has 0 saturated carbocycles. The van der Waals surface area contributed by atoms with Crippen LogP contribution >= 0.6 is 23.0 Å². The molecule has 16 heavy (non-hydrogen) atoms.